The molecule has 1 N–H and O–H groups in total. The summed E-state index contributed by atoms with van der Waals surface area (Å²) in [6, 6.07) is 18.3. The Morgan fingerprint density at radius 3 is 2.12 bits per heavy atom. The number of carbonyl (C=O) groups excluding carboxylic acids is 1. The van der Waals surface area contributed by atoms with E-state index in [2.05, 4.69) is 5.16 Å². The fraction of sp³-hybridized carbons (Fsp3) is 0.300. The second-order valence-electron chi connectivity index (χ2n) is 6.00. The predicted molar refractivity (Wildman–Crippen MR) is 93.1 cm³/mol. The molecule has 0 aliphatic heterocycles. The Kier molecular flexibility index (Phi) is 5.39. The van der Waals surface area contributed by atoms with Crippen molar-refractivity contribution in [1.29, 1.82) is 0 Å². The monoisotopic (exact) mass is 323 g/mol. The Morgan fingerprint density at radius 2 is 1.50 bits per heavy atom. The lowest BCUT2D eigenvalue weighted by molar-refractivity contribution is -0.0569. The van der Waals surface area contributed by atoms with E-state index in [-0.39, 0.29) is 17.6 Å². The van der Waals surface area contributed by atoms with Crippen molar-refractivity contribution in [2.75, 3.05) is 0 Å². The third kappa shape index (κ3) is 3.89. The zero-order valence-electron chi connectivity index (χ0n) is 13.5. The lowest BCUT2D eigenvalue weighted by Gasteiger charge is -2.25. The highest BCUT2D eigenvalue weighted by atomic mass is 16.6. The summed E-state index contributed by atoms with van der Waals surface area (Å²) in [5, 5.41) is 14.2. The topological polar surface area (TPSA) is 58.9 Å². The second-order valence-corrected chi connectivity index (χ2v) is 6.00. The molecular weight excluding hydrogens is 302 g/mol. The fourth-order valence-electron chi connectivity index (χ4n) is 2.87. The molecule has 124 valence electrons. The maximum Gasteiger partial charge on any atom is 0.215 e. The van der Waals surface area contributed by atoms with E-state index in [1.807, 2.05) is 48.5 Å². The Bertz CT molecular complexity index is 697. The number of oxime groups is 1. The standard InChI is InChI=1S/C20H21NO3/c22-17-13-7-8-14-18(17)24-21-19(15-9-3-1-4-10-15)20(23)16-11-5-2-6-12-16/h1-6,9-12,17-18,22H,7-8,13-14H2. The van der Waals surface area contributed by atoms with Gasteiger partial charge < -0.3 is 9.94 Å². The molecule has 4 nitrogen and oxygen atoms in total. The van der Waals surface area contributed by atoms with Crippen molar-refractivity contribution in [2.45, 2.75) is 37.9 Å². The Morgan fingerprint density at radius 1 is 0.917 bits per heavy atom. The van der Waals surface area contributed by atoms with Crippen LogP contribution in [0.2, 0.25) is 0 Å². The minimum Gasteiger partial charge on any atom is -0.389 e. The Balaban J connectivity index is 1.87. The summed E-state index contributed by atoms with van der Waals surface area (Å²) in [5.74, 6) is -0.188. The van der Waals surface area contributed by atoms with Crippen LogP contribution in [0.4, 0.5) is 0 Å². The summed E-state index contributed by atoms with van der Waals surface area (Å²) < 4.78 is 0. The zero-order chi connectivity index (χ0) is 16.8. The lowest BCUT2D eigenvalue weighted by atomic mass is 9.95. The van der Waals surface area contributed by atoms with Crippen LogP contribution in [-0.4, -0.2) is 28.8 Å². The number of carbonyl (C=O) groups is 1. The summed E-state index contributed by atoms with van der Waals surface area (Å²) in [6.45, 7) is 0. The molecule has 1 aliphatic rings. The molecule has 0 aromatic heterocycles. The summed E-state index contributed by atoms with van der Waals surface area (Å²) in [6.07, 6.45) is 2.61. The van der Waals surface area contributed by atoms with E-state index in [9.17, 15) is 9.90 Å². The van der Waals surface area contributed by atoms with E-state index in [0.29, 0.717) is 17.5 Å². The van der Waals surface area contributed by atoms with Gasteiger partial charge in [-0.25, -0.2) is 0 Å². The average Bonchev–Trinajstić information content (AvgIpc) is 2.65. The molecule has 0 spiro atoms. The van der Waals surface area contributed by atoms with Gasteiger partial charge in [0.25, 0.3) is 0 Å². The number of ketones is 1. The summed E-state index contributed by atoms with van der Waals surface area (Å²) in [5.41, 5.74) is 1.53. The van der Waals surface area contributed by atoms with Gasteiger partial charge in [-0.2, -0.15) is 0 Å². The van der Waals surface area contributed by atoms with Gasteiger partial charge in [0.15, 0.2) is 11.8 Å². The van der Waals surface area contributed by atoms with E-state index in [1.165, 1.54) is 0 Å². The molecule has 2 aromatic rings. The molecule has 4 heteroatoms. The van der Waals surface area contributed by atoms with E-state index in [1.54, 1.807) is 12.1 Å². The molecule has 0 radical (unpaired) electrons. The van der Waals surface area contributed by atoms with Crippen LogP contribution in [0, 0.1) is 0 Å². The van der Waals surface area contributed by atoms with E-state index in [0.717, 1.165) is 19.3 Å². The molecule has 2 unspecified atom stereocenters. The van der Waals surface area contributed by atoms with Gasteiger partial charge in [-0.1, -0.05) is 72.2 Å². The Labute approximate surface area is 141 Å². The van der Waals surface area contributed by atoms with Crippen molar-refractivity contribution in [1.82, 2.24) is 0 Å². The van der Waals surface area contributed by atoms with Crippen LogP contribution in [-0.2, 0) is 4.84 Å². The number of hydrogen-bond acceptors (Lipinski definition) is 4. The first kappa shape index (κ1) is 16.4. The van der Waals surface area contributed by atoms with Crippen molar-refractivity contribution in [2.24, 2.45) is 5.16 Å². The summed E-state index contributed by atoms with van der Waals surface area (Å²) >= 11 is 0. The summed E-state index contributed by atoms with van der Waals surface area (Å²) in [4.78, 5) is 18.4. The maximum atomic E-state index is 12.8. The fourth-order valence-corrected chi connectivity index (χ4v) is 2.87. The van der Waals surface area contributed by atoms with E-state index in [4.69, 9.17) is 4.84 Å². The highest BCUT2D eigenvalue weighted by Crippen LogP contribution is 2.22. The molecular formula is C20H21NO3. The maximum absolute atomic E-state index is 12.8. The molecule has 2 atom stereocenters. The SMILES string of the molecule is O=C(C(=NOC1CCCCC1O)c1ccccc1)c1ccccc1. The third-order valence-corrected chi connectivity index (χ3v) is 4.25. The minimum absolute atomic E-state index is 0.188. The first-order valence-corrected chi connectivity index (χ1v) is 8.33. The number of aliphatic hydroxyl groups is 1. The van der Waals surface area contributed by atoms with Gasteiger partial charge in [0.05, 0.1) is 6.10 Å². The second kappa shape index (κ2) is 7.88. The van der Waals surface area contributed by atoms with Crippen molar-refractivity contribution >= 4 is 11.5 Å². The summed E-state index contributed by atoms with van der Waals surface area (Å²) in [7, 11) is 0. The molecule has 3 rings (SSSR count). The van der Waals surface area contributed by atoms with Crippen LogP contribution in [0.1, 0.15) is 41.6 Å². The molecule has 1 aliphatic carbocycles. The highest BCUT2D eigenvalue weighted by Gasteiger charge is 2.26. The minimum atomic E-state index is -0.522. The van der Waals surface area contributed by atoms with Crippen molar-refractivity contribution in [3.8, 4) is 0 Å². The predicted octanol–water partition coefficient (Wildman–Crippen LogP) is 3.59. The van der Waals surface area contributed by atoms with Crippen molar-refractivity contribution < 1.29 is 14.7 Å². The van der Waals surface area contributed by atoms with Gasteiger partial charge in [0.1, 0.15) is 0 Å². The first-order valence-electron chi connectivity index (χ1n) is 8.33. The lowest BCUT2D eigenvalue weighted by Crippen LogP contribution is -2.31. The van der Waals surface area contributed by atoms with Crippen LogP contribution >= 0.6 is 0 Å². The molecule has 1 saturated carbocycles. The quantitative estimate of drug-likeness (QED) is 0.520. The largest absolute Gasteiger partial charge is 0.389 e. The number of benzene rings is 2. The molecule has 0 heterocycles. The van der Waals surface area contributed by atoms with E-state index < -0.39 is 6.10 Å². The highest BCUT2D eigenvalue weighted by molar-refractivity contribution is 6.51. The molecule has 0 amide bonds. The van der Waals surface area contributed by atoms with Crippen molar-refractivity contribution in [3.63, 3.8) is 0 Å². The van der Waals surface area contributed by atoms with E-state index >= 15 is 0 Å². The van der Waals surface area contributed by atoms with Gasteiger partial charge in [-0.05, 0) is 19.3 Å². The Hall–Kier alpha value is -2.46. The average molecular weight is 323 g/mol. The smallest absolute Gasteiger partial charge is 0.215 e. The number of rotatable bonds is 5. The van der Waals surface area contributed by atoms with Gasteiger partial charge >= 0.3 is 0 Å². The van der Waals surface area contributed by atoms with Gasteiger partial charge in [0.2, 0.25) is 5.78 Å². The normalized spacial score (nSPS) is 21.3. The van der Waals surface area contributed by atoms with Crippen LogP contribution in [0.5, 0.6) is 0 Å². The van der Waals surface area contributed by atoms with Crippen LogP contribution < -0.4 is 0 Å². The zero-order valence-corrected chi connectivity index (χ0v) is 13.5. The number of aliphatic hydroxyl groups excluding tert-OH is 1. The van der Waals surface area contributed by atoms with Gasteiger partial charge in [0, 0.05) is 11.1 Å². The molecule has 1 fully saturated rings. The number of Topliss-reactive ketones (excluding diaryl/α,β-unsaturated/α-hetero) is 1. The van der Waals surface area contributed by atoms with Crippen molar-refractivity contribution in [3.05, 3.63) is 71.8 Å². The molecule has 0 bridgehead atoms. The number of nitrogens with zero attached hydrogens (tertiary/aromatic N) is 1. The molecule has 24 heavy (non-hydrogen) atoms. The van der Waals surface area contributed by atoms with Gasteiger partial charge in [-0.15, -0.1) is 0 Å². The molecule has 0 saturated heterocycles. The van der Waals surface area contributed by atoms with Crippen LogP contribution in [0.25, 0.3) is 0 Å². The number of hydrogen-bond donors (Lipinski definition) is 1. The van der Waals surface area contributed by atoms with Gasteiger partial charge in [-0.3, -0.25) is 4.79 Å². The molecule has 2 aromatic carbocycles. The third-order valence-electron chi connectivity index (χ3n) is 4.25. The van der Waals surface area contributed by atoms with Crippen LogP contribution in [0.3, 0.4) is 0 Å². The van der Waals surface area contributed by atoms with Crippen LogP contribution in [0.15, 0.2) is 65.8 Å². The first-order chi connectivity index (χ1) is 11.8.